The first kappa shape index (κ1) is 8.53. The molecule has 0 aromatic heterocycles. The van der Waals surface area contributed by atoms with Gasteiger partial charge in [-0.15, -0.1) is 0 Å². The lowest BCUT2D eigenvalue weighted by Gasteiger charge is -2.49. The topological polar surface area (TPSA) is 63.3 Å². The molecule has 1 fully saturated rings. The largest absolute Gasteiger partial charge is 0.480 e. The van der Waals surface area contributed by atoms with Gasteiger partial charge in [0.2, 0.25) is 0 Å². The zero-order chi connectivity index (χ0) is 8.70. The molecule has 1 aliphatic carbocycles. The van der Waals surface area contributed by atoms with Gasteiger partial charge in [0.05, 0.1) is 0 Å². The van der Waals surface area contributed by atoms with Crippen molar-refractivity contribution < 1.29 is 9.90 Å². The van der Waals surface area contributed by atoms with Crippen LogP contribution >= 0.6 is 0 Å². The normalized spacial score (nSPS) is 43.2. The monoisotopic (exact) mass is 157 g/mol. The number of hydrogen-bond acceptors (Lipinski definition) is 2. The maximum atomic E-state index is 10.6. The average molecular weight is 157 g/mol. The Labute approximate surface area is 66.6 Å². The molecule has 3 nitrogen and oxygen atoms in total. The Balaban J connectivity index is 2.56. The number of aliphatic carboxylic acids is 1. The summed E-state index contributed by atoms with van der Waals surface area (Å²) in [5.74, 6) is -0.858. The first-order chi connectivity index (χ1) is 4.92. The van der Waals surface area contributed by atoms with Crippen molar-refractivity contribution in [3.63, 3.8) is 0 Å². The van der Waals surface area contributed by atoms with Gasteiger partial charge < -0.3 is 10.8 Å². The van der Waals surface area contributed by atoms with Crippen LogP contribution in [0.4, 0.5) is 0 Å². The number of carbonyl (C=O) groups is 1. The third kappa shape index (κ3) is 1.25. The van der Waals surface area contributed by atoms with Crippen LogP contribution in [0.3, 0.4) is 0 Å². The summed E-state index contributed by atoms with van der Waals surface area (Å²) in [6, 6.07) is 0. The predicted molar refractivity (Wildman–Crippen MR) is 42.2 cm³/mol. The molecule has 0 aromatic carbocycles. The molecule has 1 aliphatic rings. The highest BCUT2D eigenvalue weighted by Gasteiger charge is 2.53. The van der Waals surface area contributed by atoms with Crippen molar-refractivity contribution in [3.8, 4) is 0 Å². The van der Waals surface area contributed by atoms with Gasteiger partial charge in [0.15, 0.2) is 0 Å². The van der Waals surface area contributed by atoms with Crippen molar-refractivity contribution in [2.75, 3.05) is 0 Å². The van der Waals surface area contributed by atoms with Crippen LogP contribution in [-0.2, 0) is 4.79 Å². The van der Waals surface area contributed by atoms with Gasteiger partial charge in [0, 0.05) is 0 Å². The summed E-state index contributed by atoms with van der Waals surface area (Å²) in [6.45, 7) is 4.16. The zero-order valence-corrected chi connectivity index (χ0v) is 7.05. The fourth-order valence-corrected chi connectivity index (χ4v) is 1.87. The SMILES string of the molecule is CCC1(C)CC(N)(C(=O)O)C1. The molecule has 0 aromatic rings. The Hall–Kier alpha value is -0.570. The van der Waals surface area contributed by atoms with Gasteiger partial charge in [0.25, 0.3) is 0 Å². The fourth-order valence-electron chi connectivity index (χ4n) is 1.87. The number of nitrogens with two attached hydrogens (primary N) is 1. The molecule has 0 atom stereocenters. The number of rotatable bonds is 2. The Bertz CT molecular complexity index is 183. The number of carboxylic acids is 1. The summed E-state index contributed by atoms with van der Waals surface area (Å²) in [4.78, 5) is 10.6. The third-order valence-corrected chi connectivity index (χ3v) is 2.76. The smallest absolute Gasteiger partial charge is 0.323 e. The van der Waals surface area contributed by atoms with Crippen LogP contribution in [0.1, 0.15) is 33.1 Å². The molecule has 0 heterocycles. The van der Waals surface area contributed by atoms with Crippen molar-refractivity contribution in [2.24, 2.45) is 11.1 Å². The third-order valence-electron chi connectivity index (χ3n) is 2.76. The molecule has 64 valence electrons. The lowest BCUT2D eigenvalue weighted by molar-refractivity contribution is -0.152. The molecule has 3 heteroatoms. The molecular weight excluding hydrogens is 142 g/mol. The van der Waals surface area contributed by atoms with Crippen molar-refractivity contribution in [3.05, 3.63) is 0 Å². The molecule has 11 heavy (non-hydrogen) atoms. The predicted octanol–water partition coefficient (Wildman–Crippen LogP) is 0.979. The second-order valence-corrected chi connectivity index (χ2v) is 3.98. The minimum Gasteiger partial charge on any atom is -0.480 e. The van der Waals surface area contributed by atoms with Gasteiger partial charge in [-0.3, -0.25) is 4.79 Å². The van der Waals surface area contributed by atoms with Gasteiger partial charge in [0.1, 0.15) is 5.54 Å². The van der Waals surface area contributed by atoms with Crippen LogP contribution in [0.25, 0.3) is 0 Å². The minimum atomic E-state index is -0.926. The molecular formula is C8H15NO2. The van der Waals surface area contributed by atoms with Crippen LogP contribution in [0, 0.1) is 5.41 Å². The maximum absolute atomic E-state index is 10.6. The fraction of sp³-hybridized carbons (Fsp3) is 0.875. The van der Waals surface area contributed by atoms with Crippen molar-refractivity contribution >= 4 is 5.97 Å². The average Bonchev–Trinajstić information content (AvgIpc) is 1.84. The Morgan fingerprint density at radius 2 is 2.09 bits per heavy atom. The molecule has 0 aliphatic heterocycles. The van der Waals surface area contributed by atoms with Crippen LogP contribution in [-0.4, -0.2) is 16.6 Å². The molecule has 1 rings (SSSR count). The standard InChI is InChI=1S/C8H15NO2/c1-3-7(2)4-8(9,5-7)6(10)11/h3-5,9H2,1-2H3,(H,10,11). The van der Waals surface area contributed by atoms with E-state index in [1.807, 2.05) is 0 Å². The quantitative estimate of drug-likeness (QED) is 0.628. The summed E-state index contributed by atoms with van der Waals surface area (Å²) in [6.07, 6.45) is 2.25. The van der Waals surface area contributed by atoms with E-state index in [2.05, 4.69) is 13.8 Å². The van der Waals surface area contributed by atoms with E-state index in [0.717, 1.165) is 6.42 Å². The van der Waals surface area contributed by atoms with E-state index < -0.39 is 11.5 Å². The van der Waals surface area contributed by atoms with Crippen LogP contribution in [0.2, 0.25) is 0 Å². The first-order valence-corrected chi connectivity index (χ1v) is 3.94. The highest BCUT2D eigenvalue weighted by Crippen LogP contribution is 2.48. The summed E-state index contributed by atoms with van der Waals surface area (Å²) in [7, 11) is 0. The van der Waals surface area contributed by atoms with Crippen LogP contribution < -0.4 is 5.73 Å². The molecule has 0 bridgehead atoms. The molecule has 3 N–H and O–H groups in total. The van der Waals surface area contributed by atoms with Gasteiger partial charge >= 0.3 is 5.97 Å². The maximum Gasteiger partial charge on any atom is 0.323 e. The van der Waals surface area contributed by atoms with E-state index in [9.17, 15) is 4.79 Å². The Morgan fingerprint density at radius 1 is 1.64 bits per heavy atom. The second kappa shape index (κ2) is 2.21. The van der Waals surface area contributed by atoms with Gasteiger partial charge in [-0.2, -0.15) is 0 Å². The van der Waals surface area contributed by atoms with Crippen LogP contribution in [0.15, 0.2) is 0 Å². The zero-order valence-electron chi connectivity index (χ0n) is 7.05. The highest BCUT2D eigenvalue weighted by molar-refractivity contribution is 5.80. The lowest BCUT2D eigenvalue weighted by Crippen LogP contribution is -2.61. The van der Waals surface area contributed by atoms with Gasteiger partial charge in [-0.1, -0.05) is 20.3 Å². The molecule has 0 radical (unpaired) electrons. The highest BCUT2D eigenvalue weighted by atomic mass is 16.4. The molecule has 0 spiro atoms. The van der Waals surface area contributed by atoms with Gasteiger partial charge in [-0.25, -0.2) is 0 Å². The minimum absolute atomic E-state index is 0.174. The summed E-state index contributed by atoms with van der Waals surface area (Å²) < 4.78 is 0. The molecule has 0 saturated heterocycles. The molecule has 0 amide bonds. The first-order valence-electron chi connectivity index (χ1n) is 3.94. The lowest BCUT2D eigenvalue weighted by atomic mass is 9.57. The number of carboxylic acid groups (broad SMARTS) is 1. The molecule has 1 saturated carbocycles. The van der Waals surface area contributed by atoms with E-state index in [4.69, 9.17) is 10.8 Å². The van der Waals surface area contributed by atoms with E-state index in [1.165, 1.54) is 0 Å². The second-order valence-electron chi connectivity index (χ2n) is 3.98. The summed E-state index contributed by atoms with van der Waals surface area (Å²) in [5.41, 5.74) is 4.85. The number of hydrogen-bond donors (Lipinski definition) is 2. The van der Waals surface area contributed by atoms with Crippen molar-refractivity contribution in [1.29, 1.82) is 0 Å². The summed E-state index contributed by atoms with van der Waals surface area (Å²) >= 11 is 0. The summed E-state index contributed by atoms with van der Waals surface area (Å²) in [5, 5.41) is 8.70. The van der Waals surface area contributed by atoms with E-state index in [-0.39, 0.29) is 5.41 Å². The van der Waals surface area contributed by atoms with E-state index >= 15 is 0 Å². The van der Waals surface area contributed by atoms with Crippen molar-refractivity contribution in [1.82, 2.24) is 0 Å². The van der Waals surface area contributed by atoms with E-state index in [0.29, 0.717) is 12.8 Å². The van der Waals surface area contributed by atoms with Crippen molar-refractivity contribution in [2.45, 2.75) is 38.6 Å². The Kier molecular flexibility index (Phi) is 1.71. The van der Waals surface area contributed by atoms with E-state index in [1.54, 1.807) is 0 Å². The van der Waals surface area contributed by atoms with Crippen LogP contribution in [0.5, 0.6) is 0 Å². The molecule has 0 unspecified atom stereocenters. The Morgan fingerprint density at radius 3 is 2.36 bits per heavy atom. The van der Waals surface area contributed by atoms with Gasteiger partial charge in [-0.05, 0) is 18.3 Å².